The number of benzene rings is 2. The SMILES string of the molecule is N#Cc1ccc(CNC2CCN(c3ccc([N+](=O)[O-])cc3)CC2)cc1. The Hall–Kier alpha value is -2.91. The molecule has 2 aromatic carbocycles. The van der Waals surface area contributed by atoms with Gasteiger partial charge in [-0.05, 0) is 42.7 Å². The summed E-state index contributed by atoms with van der Waals surface area (Å²) >= 11 is 0. The maximum atomic E-state index is 10.7. The van der Waals surface area contributed by atoms with Gasteiger partial charge in [-0.2, -0.15) is 5.26 Å². The minimum atomic E-state index is -0.372. The lowest BCUT2D eigenvalue weighted by molar-refractivity contribution is -0.384. The van der Waals surface area contributed by atoms with Crippen LogP contribution in [-0.2, 0) is 6.54 Å². The van der Waals surface area contributed by atoms with Crippen LogP contribution in [0.4, 0.5) is 11.4 Å². The fourth-order valence-electron chi connectivity index (χ4n) is 3.09. The molecule has 3 rings (SSSR count). The van der Waals surface area contributed by atoms with Crippen LogP contribution in [0.5, 0.6) is 0 Å². The molecular formula is C19H20N4O2. The molecule has 0 amide bonds. The molecule has 0 aromatic heterocycles. The summed E-state index contributed by atoms with van der Waals surface area (Å²) in [6.07, 6.45) is 2.07. The zero-order chi connectivity index (χ0) is 17.6. The predicted octanol–water partition coefficient (Wildman–Crippen LogP) is 3.23. The van der Waals surface area contributed by atoms with E-state index in [0.29, 0.717) is 11.6 Å². The number of nitrogens with one attached hydrogen (secondary N) is 1. The largest absolute Gasteiger partial charge is 0.371 e. The van der Waals surface area contributed by atoms with Gasteiger partial charge in [0.25, 0.3) is 5.69 Å². The van der Waals surface area contributed by atoms with Gasteiger partial charge in [0.05, 0.1) is 16.6 Å². The molecule has 1 heterocycles. The molecule has 1 aliphatic heterocycles. The van der Waals surface area contributed by atoms with Crippen LogP contribution in [0.25, 0.3) is 0 Å². The Labute approximate surface area is 146 Å². The number of nitriles is 1. The highest BCUT2D eigenvalue weighted by Crippen LogP contribution is 2.23. The first-order chi connectivity index (χ1) is 12.2. The van der Waals surface area contributed by atoms with E-state index in [4.69, 9.17) is 5.26 Å². The van der Waals surface area contributed by atoms with E-state index in [0.717, 1.165) is 38.2 Å². The van der Waals surface area contributed by atoms with Crippen molar-refractivity contribution in [2.45, 2.75) is 25.4 Å². The van der Waals surface area contributed by atoms with Crippen molar-refractivity contribution < 1.29 is 4.92 Å². The second-order valence-electron chi connectivity index (χ2n) is 6.22. The van der Waals surface area contributed by atoms with Crippen molar-refractivity contribution in [2.75, 3.05) is 18.0 Å². The van der Waals surface area contributed by atoms with Crippen LogP contribution in [0.15, 0.2) is 48.5 Å². The van der Waals surface area contributed by atoms with Gasteiger partial charge in [0.2, 0.25) is 0 Å². The van der Waals surface area contributed by atoms with Crippen molar-refractivity contribution in [3.8, 4) is 6.07 Å². The third kappa shape index (κ3) is 4.34. The molecule has 0 unspecified atom stereocenters. The van der Waals surface area contributed by atoms with E-state index in [2.05, 4.69) is 16.3 Å². The Bertz CT molecular complexity index is 758. The van der Waals surface area contributed by atoms with E-state index in [1.54, 1.807) is 12.1 Å². The number of nitro benzene ring substituents is 1. The summed E-state index contributed by atoms with van der Waals surface area (Å²) < 4.78 is 0. The van der Waals surface area contributed by atoms with Gasteiger partial charge in [-0.3, -0.25) is 10.1 Å². The van der Waals surface area contributed by atoms with Crippen LogP contribution in [0.3, 0.4) is 0 Å². The average Bonchev–Trinajstić information content (AvgIpc) is 2.67. The number of hydrogen-bond donors (Lipinski definition) is 1. The lowest BCUT2D eigenvalue weighted by Gasteiger charge is -2.34. The summed E-state index contributed by atoms with van der Waals surface area (Å²) in [7, 11) is 0. The molecule has 1 fully saturated rings. The zero-order valence-corrected chi connectivity index (χ0v) is 13.9. The molecule has 0 aliphatic carbocycles. The highest BCUT2D eigenvalue weighted by Gasteiger charge is 2.19. The minimum absolute atomic E-state index is 0.128. The van der Waals surface area contributed by atoms with E-state index >= 15 is 0 Å². The molecule has 6 heteroatoms. The van der Waals surface area contributed by atoms with E-state index in [9.17, 15) is 10.1 Å². The first-order valence-electron chi connectivity index (χ1n) is 8.37. The Morgan fingerprint density at radius 2 is 1.76 bits per heavy atom. The topological polar surface area (TPSA) is 82.2 Å². The van der Waals surface area contributed by atoms with E-state index < -0.39 is 0 Å². The monoisotopic (exact) mass is 336 g/mol. The normalized spacial score (nSPS) is 14.9. The molecule has 0 spiro atoms. The maximum absolute atomic E-state index is 10.7. The highest BCUT2D eigenvalue weighted by molar-refractivity contribution is 5.51. The van der Waals surface area contributed by atoms with Crippen LogP contribution in [0, 0.1) is 21.4 Å². The first-order valence-corrected chi connectivity index (χ1v) is 8.37. The standard InChI is InChI=1S/C19H20N4O2/c20-13-15-1-3-16(4-2-15)14-21-17-9-11-22(12-10-17)18-5-7-19(8-6-18)23(24)25/h1-8,17,21H,9-12,14H2. The van der Waals surface area contributed by atoms with Gasteiger partial charge in [-0.15, -0.1) is 0 Å². The Balaban J connectivity index is 1.48. The van der Waals surface area contributed by atoms with Crippen LogP contribution in [0.2, 0.25) is 0 Å². The predicted molar refractivity (Wildman–Crippen MR) is 96.3 cm³/mol. The number of non-ortho nitro benzene ring substituents is 1. The number of nitrogens with zero attached hydrogens (tertiary/aromatic N) is 3. The summed E-state index contributed by atoms with van der Waals surface area (Å²) in [4.78, 5) is 12.6. The number of hydrogen-bond acceptors (Lipinski definition) is 5. The molecular weight excluding hydrogens is 316 g/mol. The molecule has 0 radical (unpaired) electrons. The van der Waals surface area contributed by atoms with Crippen molar-refractivity contribution >= 4 is 11.4 Å². The summed E-state index contributed by atoms with van der Waals surface area (Å²) in [5.74, 6) is 0. The summed E-state index contributed by atoms with van der Waals surface area (Å²) in [5.41, 5.74) is 3.02. The fourth-order valence-corrected chi connectivity index (χ4v) is 3.09. The maximum Gasteiger partial charge on any atom is 0.269 e. The molecule has 0 atom stereocenters. The minimum Gasteiger partial charge on any atom is -0.371 e. The molecule has 128 valence electrons. The number of anilines is 1. The summed E-state index contributed by atoms with van der Waals surface area (Å²) in [5, 5.41) is 23.1. The van der Waals surface area contributed by atoms with Crippen LogP contribution >= 0.6 is 0 Å². The molecule has 2 aromatic rings. The Kier molecular flexibility index (Phi) is 5.26. The van der Waals surface area contributed by atoms with Gasteiger partial charge in [0.1, 0.15) is 0 Å². The van der Waals surface area contributed by atoms with E-state index in [-0.39, 0.29) is 10.6 Å². The Morgan fingerprint density at radius 3 is 2.32 bits per heavy atom. The summed E-state index contributed by atoms with van der Waals surface area (Å²) in [6, 6.07) is 17.0. The highest BCUT2D eigenvalue weighted by atomic mass is 16.6. The van der Waals surface area contributed by atoms with Gasteiger partial charge < -0.3 is 10.2 Å². The lowest BCUT2D eigenvalue weighted by Crippen LogP contribution is -2.42. The molecule has 6 nitrogen and oxygen atoms in total. The van der Waals surface area contributed by atoms with Crippen molar-refractivity contribution in [3.63, 3.8) is 0 Å². The number of nitro groups is 1. The van der Waals surface area contributed by atoms with Crippen LogP contribution in [-0.4, -0.2) is 24.1 Å². The molecule has 0 saturated carbocycles. The molecule has 1 N–H and O–H groups in total. The van der Waals surface area contributed by atoms with Crippen LogP contribution in [0.1, 0.15) is 24.0 Å². The average molecular weight is 336 g/mol. The zero-order valence-electron chi connectivity index (χ0n) is 13.9. The fraction of sp³-hybridized carbons (Fsp3) is 0.316. The van der Waals surface area contributed by atoms with Gasteiger partial charge >= 0.3 is 0 Å². The molecule has 1 saturated heterocycles. The molecule has 25 heavy (non-hydrogen) atoms. The van der Waals surface area contributed by atoms with Crippen molar-refractivity contribution in [1.29, 1.82) is 5.26 Å². The van der Waals surface area contributed by atoms with E-state index in [1.165, 1.54) is 5.56 Å². The van der Waals surface area contributed by atoms with Crippen molar-refractivity contribution in [2.24, 2.45) is 0 Å². The summed E-state index contributed by atoms with van der Waals surface area (Å²) in [6.45, 7) is 2.67. The number of rotatable bonds is 5. The van der Waals surface area contributed by atoms with Crippen molar-refractivity contribution in [3.05, 3.63) is 69.8 Å². The number of piperidine rings is 1. The molecule has 0 bridgehead atoms. The van der Waals surface area contributed by atoms with Gasteiger partial charge in [-0.1, -0.05) is 12.1 Å². The quantitative estimate of drug-likeness (QED) is 0.669. The third-order valence-electron chi connectivity index (χ3n) is 4.60. The van der Waals surface area contributed by atoms with Crippen molar-refractivity contribution in [1.82, 2.24) is 5.32 Å². The lowest BCUT2D eigenvalue weighted by atomic mass is 10.0. The van der Waals surface area contributed by atoms with E-state index in [1.807, 2.05) is 36.4 Å². The second kappa shape index (κ2) is 7.77. The third-order valence-corrected chi connectivity index (χ3v) is 4.60. The second-order valence-corrected chi connectivity index (χ2v) is 6.22. The molecule has 1 aliphatic rings. The first kappa shape index (κ1) is 16.9. The Morgan fingerprint density at radius 1 is 1.12 bits per heavy atom. The van der Waals surface area contributed by atoms with Gasteiger partial charge in [0, 0.05) is 43.5 Å². The van der Waals surface area contributed by atoms with Crippen LogP contribution < -0.4 is 10.2 Å². The smallest absolute Gasteiger partial charge is 0.269 e. The van der Waals surface area contributed by atoms with Gasteiger partial charge in [0.15, 0.2) is 0 Å². The van der Waals surface area contributed by atoms with Gasteiger partial charge in [-0.25, -0.2) is 0 Å².